The van der Waals surface area contributed by atoms with Crippen molar-refractivity contribution in [3.63, 3.8) is 0 Å². The molecule has 0 bridgehead atoms. The first-order valence-electron chi connectivity index (χ1n) is 17.4. The minimum absolute atomic E-state index is 0.0693. The molecule has 54 heavy (non-hydrogen) atoms. The van der Waals surface area contributed by atoms with E-state index in [0.717, 1.165) is 12.1 Å². The van der Waals surface area contributed by atoms with Crippen LogP contribution in [0.4, 0.5) is 18.9 Å². The van der Waals surface area contributed by atoms with Gasteiger partial charge in [-0.25, -0.2) is 0 Å². The highest BCUT2D eigenvalue weighted by Crippen LogP contribution is 2.33. The summed E-state index contributed by atoms with van der Waals surface area (Å²) in [5.74, 6) is -2.58. The van der Waals surface area contributed by atoms with Crippen LogP contribution < -0.4 is 16.0 Å². The quantitative estimate of drug-likeness (QED) is 0.0733. The lowest BCUT2D eigenvalue weighted by molar-refractivity contribution is -0.143. The molecule has 0 aliphatic rings. The van der Waals surface area contributed by atoms with Gasteiger partial charge in [-0.05, 0) is 79.3 Å². The number of hydrogen-bond acceptors (Lipinski definition) is 6. The molecule has 0 saturated carbocycles. The van der Waals surface area contributed by atoms with Crippen molar-refractivity contribution in [3.8, 4) is 11.1 Å². The van der Waals surface area contributed by atoms with E-state index in [9.17, 15) is 37.1 Å². The predicted molar refractivity (Wildman–Crippen MR) is 199 cm³/mol. The number of nitrogens with one attached hydrogen (secondary N) is 3. The summed E-state index contributed by atoms with van der Waals surface area (Å²) in [6.45, 7) is 4.08. The van der Waals surface area contributed by atoms with E-state index in [1.807, 2.05) is 0 Å². The second-order valence-electron chi connectivity index (χ2n) is 12.6. The van der Waals surface area contributed by atoms with E-state index in [2.05, 4.69) is 16.0 Å². The maximum atomic E-state index is 13.6. The largest absolute Gasteiger partial charge is 0.465 e. The van der Waals surface area contributed by atoms with Crippen molar-refractivity contribution in [3.05, 3.63) is 125 Å². The Kier molecular flexibility index (Phi) is 13.7. The van der Waals surface area contributed by atoms with Gasteiger partial charge >= 0.3 is 12.1 Å². The monoisotopic (exact) mass is 744 g/mol. The van der Waals surface area contributed by atoms with Gasteiger partial charge in [0.15, 0.2) is 5.41 Å². The van der Waals surface area contributed by atoms with E-state index in [1.54, 1.807) is 68.4 Å². The molecule has 13 heteroatoms. The van der Waals surface area contributed by atoms with E-state index in [-0.39, 0.29) is 42.7 Å². The third kappa shape index (κ3) is 9.71. The molecule has 10 nitrogen and oxygen atoms in total. The Bertz CT molecular complexity index is 1950. The normalized spacial score (nSPS) is 11.3. The average molecular weight is 745 g/mol. The Labute approximate surface area is 312 Å². The Morgan fingerprint density at radius 2 is 1.33 bits per heavy atom. The van der Waals surface area contributed by atoms with Gasteiger partial charge in [0.2, 0.25) is 11.8 Å². The summed E-state index contributed by atoms with van der Waals surface area (Å²) in [5.41, 5.74) is -0.204. The van der Waals surface area contributed by atoms with Crippen molar-refractivity contribution in [1.29, 1.82) is 0 Å². The Morgan fingerprint density at radius 1 is 0.722 bits per heavy atom. The van der Waals surface area contributed by atoms with Gasteiger partial charge in [-0.3, -0.25) is 24.0 Å². The SMILES string of the molecule is CCNC(=O)C(CCCOC(=O)Cc1ccc(NC(=O)c2ccccc2-c2ccc(C(F)(F)F)cc2)c(C(=O)N(C)C)c1)(C(=O)NCC)c1ccccc1. The van der Waals surface area contributed by atoms with E-state index in [4.69, 9.17) is 4.74 Å². The zero-order valence-corrected chi connectivity index (χ0v) is 30.5. The first-order chi connectivity index (χ1) is 25.7. The molecule has 0 fully saturated rings. The standard InChI is InChI=1S/C41H43F3N4O6/c1-5-45-38(52)40(39(53)46-6-2,29-13-8-7-9-14-29)23-12-24-54-35(49)26-27-17-22-34(33(25-27)37(51)48(3)4)47-36(50)32-16-11-10-15-31(32)28-18-20-30(21-19-28)41(42,43)44/h7-11,13-22,25H,5-6,12,23-24,26H2,1-4H3,(H,45,52)(H,46,53)(H,47,50). The number of amides is 4. The molecule has 284 valence electrons. The predicted octanol–water partition coefficient (Wildman–Crippen LogP) is 6.40. The summed E-state index contributed by atoms with van der Waals surface area (Å²) in [7, 11) is 3.07. The number of carbonyl (C=O) groups is 5. The van der Waals surface area contributed by atoms with Gasteiger partial charge < -0.3 is 25.6 Å². The smallest absolute Gasteiger partial charge is 0.416 e. The van der Waals surface area contributed by atoms with Gasteiger partial charge in [0.1, 0.15) is 0 Å². The van der Waals surface area contributed by atoms with E-state index >= 15 is 0 Å². The number of rotatable bonds is 15. The zero-order valence-electron chi connectivity index (χ0n) is 30.5. The number of hydrogen-bond donors (Lipinski definition) is 3. The van der Waals surface area contributed by atoms with E-state index in [0.29, 0.717) is 35.3 Å². The van der Waals surface area contributed by atoms with Crippen molar-refractivity contribution in [2.45, 2.75) is 44.7 Å². The number of halogens is 3. The van der Waals surface area contributed by atoms with Gasteiger partial charge in [0.25, 0.3) is 11.8 Å². The zero-order chi connectivity index (χ0) is 39.5. The fraction of sp³-hybridized carbons (Fsp3) is 0.293. The van der Waals surface area contributed by atoms with Crippen LogP contribution in [0.1, 0.15) is 64.1 Å². The Balaban J connectivity index is 1.49. The minimum atomic E-state index is -4.51. The molecule has 4 aromatic rings. The summed E-state index contributed by atoms with van der Waals surface area (Å²) >= 11 is 0. The van der Waals surface area contributed by atoms with Crippen LogP contribution in [0.25, 0.3) is 11.1 Å². The maximum Gasteiger partial charge on any atom is 0.416 e. The van der Waals surface area contributed by atoms with Crippen molar-refractivity contribution in [1.82, 2.24) is 15.5 Å². The van der Waals surface area contributed by atoms with Crippen molar-refractivity contribution in [2.75, 3.05) is 39.1 Å². The van der Waals surface area contributed by atoms with E-state index in [1.165, 1.54) is 49.3 Å². The molecular formula is C41H43F3N4O6. The fourth-order valence-electron chi connectivity index (χ4n) is 6.01. The number of ether oxygens (including phenoxy) is 1. The van der Waals surface area contributed by atoms with Crippen molar-refractivity contribution in [2.24, 2.45) is 0 Å². The molecule has 3 N–H and O–H groups in total. The molecule has 4 aromatic carbocycles. The van der Waals surface area contributed by atoms with Crippen molar-refractivity contribution < 1.29 is 41.9 Å². The van der Waals surface area contributed by atoms with Crippen LogP contribution in [-0.4, -0.2) is 68.3 Å². The highest BCUT2D eigenvalue weighted by atomic mass is 19.4. The van der Waals surface area contributed by atoms with Gasteiger partial charge in [-0.15, -0.1) is 0 Å². The molecule has 0 spiro atoms. The van der Waals surface area contributed by atoms with Crippen LogP contribution in [-0.2, 0) is 37.1 Å². The highest BCUT2D eigenvalue weighted by Gasteiger charge is 2.46. The fourth-order valence-corrected chi connectivity index (χ4v) is 6.01. The topological polar surface area (TPSA) is 134 Å². The number of nitrogens with zero attached hydrogens (tertiary/aromatic N) is 1. The summed E-state index contributed by atoms with van der Waals surface area (Å²) in [6.07, 6.45) is -4.46. The molecular weight excluding hydrogens is 701 g/mol. The van der Waals surface area contributed by atoms with Crippen LogP contribution in [0.2, 0.25) is 0 Å². The lowest BCUT2D eigenvalue weighted by Crippen LogP contribution is -2.55. The molecule has 4 amide bonds. The number of carbonyl (C=O) groups excluding carboxylic acids is 5. The van der Waals surface area contributed by atoms with Crippen molar-refractivity contribution >= 4 is 35.3 Å². The Hall–Kier alpha value is -5.98. The number of alkyl halides is 3. The third-order valence-electron chi connectivity index (χ3n) is 8.69. The number of esters is 1. The first kappa shape index (κ1) is 40.8. The summed E-state index contributed by atoms with van der Waals surface area (Å²) in [6, 6.07) is 24.1. The van der Waals surface area contributed by atoms with Crippen LogP contribution in [0.5, 0.6) is 0 Å². The number of anilines is 1. The summed E-state index contributed by atoms with van der Waals surface area (Å²) < 4.78 is 44.9. The Morgan fingerprint density at radius 3 is 1.93 bits per heavy atom. The van der Waals surface area contributed by atoms with Gasteiger partial charge in [-0.1, -0.05) is 66.7 Å². The molecule has 0 aliphatic carbocycles. The summed E-state index contributed by atoms with van der Waals surface area (Å²) in [5, 5.41) is 8.29. The lowest BCUT2D eigenvalue weighted by atomic mass is 9.74. The highest BCUT2D eigenvalue weighted by molar-refractivity contribution is 6.12. The summed E-state index contributed by atoms with van der Waals surface area (Å²) in [4.78, 5) is 67.9. The molecule has 0 aromatic heterocycles. The van der Waals surface area contributed by atoms with Crippen LogP contribution in [0.15, 0.2) is 97.1 Å². The van der Waals surface area contributed by atoms with Crippen LogP contribution >= 0.6 is 0 Å². The van der Waals surface area contributed by atoms with Crippen LogP contribution in [0, 0.1) is 0 Å². The minimum Gasteiger partial charge on any atom is -0.465 e. The van der Waals surface area contributed by atoms with Gasteiger partial charge in [0, 0.05) is 32.7 Å². The first-order valence-corrected chi connectivity index (χ1v) is 17.4. The maximum absolute atomic E-state index is 13.6. The van der Waals surface area contributed by atoms with Gasteiger partial charge in [-0.2, -0.15) is 13.2 Å². The number of benzene rings is 4. The molecule has 0 radical (unpaired) electrons. The molecule has 0 saturated heterocycles. The second kappa shape index (κ2) is 18.2. The number of likely N-dealkylation sites (N-methyl/N-ethyl adjacent to an activating group) is 2. The molecule has 4 rings (SSSR count). The second-order valence-corrected chi connectivity index (χ2v) is 12.6. The molecule has 0 unspecified atom stereocenters. The molecule has 0 heterocycles. The molecule has 0 atom stereocenters. The third-order valence-corrected chi connectivity index (χ3v) is 8.69. The van der Waals surface area contributed by atoms with E-state index < -0.39 is 46.8 Å². The lowest BCUT2D eigenvalue weighted by Gasteiger charge is -2.31. The van der Waals surface area contributed by atoms with Gasteiger partial charge in [0.05, 0.1) is 29.8 Å². The molecule has 0 aliphatic heterocycles. The average Bonchev–Trinajstić information content (AvgIpc) is 3.15. The van der Waals surface area contributed by atoms with Crippen LogP contribution in [0.3, 0.4) is 0 Å².